The van der Waals surface area contributed by atoms with Crippen molar-refractivity contribution in [1.82, 2.24) is 0 Å². The molecule has 1 aliphatic heterocycles. The van der Waals surface area contributed by atoms with Gasteiger partial charge in [-0.1, -0.05) is 23.2 Å². The third-order valence-corrected chi connectivity index (χ3v) is 4.17. The predicted octanol–water partition coefficient (Wildman–Crippen LogP) is 5.20. The van der Waals surface area contributed by atoms with Gasteiger partial charge < -0.3 is 4.74 Å². The largest absolute Gasteiger partial charge is 0.472 e. The molecule has 2 aromatic carbocycles. The van der Waals surface area contributed by atoms with Gasteiger partial charge in [-0.15, -0.1) is 0 Å². The quantitative estimate of drug-likeness (QED) is 0.688. The van der Waals surface area contributed by atoms with E-state index in [0.29, 0.717) is 11.8 Å². The Morgan fingerprint density at radius 1 is 1.09 bits per heavy atom. The topological polar surface area (TPSA) is 26.3 Å². The molecule has 0 bridgehead atoms. The highest BCUT2D eigenvalue weighted by atomic mass is 35.5. The summed E-state index contributed by atoms with van der Waals surface area (Å²) in [6, 6.07) is 7.88. The van der Waals surface area contributed by atoms with Gasteiger partial charge in [0.2, 0.25) is 5.60 Å². The highest BCUT2D eigenvalue weighted by Crippen LogP contribution is 2.51. The van der Waals surface area contributed by atoms with Crippen LogP contribution in [0.15, 0.2) is 36.4 Å². The van der Waals surface area contributed by atoms with E-state index in [4.69, 9.17) is 27.9 Å². The first kappa shape index (κ1) is 16.1. The van der Waals surface area contributed by atoms with E-state index in [0.717, 1.165) is 0 Å². The van der Waals surface area contributed by atoms with E-state index in [1.165, 1.54) is 36.4 Å². The predicted molar refractivity (Wildman–Crippen MR) is 80.4 cm³/mol. The lowest BCUT2D eigenvalue weighted by atomic mass is 9.88. The molecule has 1 atom stereocenters. The van der Waals surface area contributed by atoms with Gasteiger partial charge in [-0.2, -0.15) is 13.2 Å². The molecule has 1 heterocycles. The van der Waals surface area contributed by atoms with Gasteiger partial charge in [-0.3, -0.25) is 4.79 Å². The first-order chi connectivity index (χ1) is 10.7. The van der Waals surface area contributed by atoms with Gasteiger partial charge in [0.15, 0.2) is 0 Å². The minimum absolute atomic E-state index is 0.0871. The van der Waals surface area contributed by atoms with Crippen molar-refractivity contribution in [3.05, 3.63) is 63.1 Å². The maximum absolute atomic E-state index is 13.8. The van der Waals surface area contributed by atoms with Crippen LogP contribution in [0.2, 0.25) is 10.0 Å². The average molecular weight is 361 g/mol. The number of halogens is 5. The van der Waals surface area contributed by atoms with Crippen LogP contribution in [0.1, 0.15) is 21.5 Å². The van der Waals surface area contributed by atoms with Gasteiger partial charge in [0.25, 0.3) is 0 Å². The summed E-state index contributed by atoms with van der Waals surface area (Å²) in [5, 5.41) is 0.175. The van der Waals surface area contributed by atoms with E-state index in [1.54, 1.807) is 0 Å². The number of carbonyl (C=O) groups is 1. The molecule has 0 N–H and O–H groups in total. The molecule has 23 heavy (non-hydrogen) atoms. The second-order valence-electron chi connectivity index (χ2n) is 5.25. The zero-order valence-corrected chi connectivity index (χ0v) is 13.0. The molecule has 7 heteroatoms. The molecule has 0 aliphatic carbocycles. The number of hydrogen-bond donors (Lipinski definition) is 0. The van der Waals surface area contributed by atoms with Gasteiger partial charge >= 0.3 is 6.18 Å². The smallest absolute Gasteiger partial charge is 0.432 e. The number of fused-ring (bicyclic) bond motifs is 1. The Balaban J connectivity index is 2.16. The van der Waals surface area contributed by atoms with Crippen LogP contribution < -0.4 is 4.74 Å². The number of hydrogen-bond acceptors (Lipinski definition) is 2. The standard InChI is InChI=1S/C16H9Cl2F3O2/c17-12-4-11(5-13(18)6-12)15(16(19,20)21)7-10-3-9(8-22)1-2-14(10)23-15/h1-6,8H,7H2. The van der Waals surface area contributed by atoms with Crippen LogP contribution in [0.4, 0.5) is 13.2 Å². The van der Waals surface area contributed by atoms with Crippen molar-refractivity contribution in [1.29, 1.82) is 0 Å². The summed E-state index contributed by atoms with van der Waals surface area (Å²) in [6.45, 7) is 0. The van der Waals surface area contributed by atoms with Crippen LogP contribution in [-0.4, -0.2) is 12.5 Å². The van der Waals surface area contributed by atoms with E-state index in [-0.39, 0.29) is 26.9 Å². The number of rotatable bonds is 2. The van der Waals surface area contributed by atoms with Crippen molar-refractivity contribution in [3.63, 3.8) is 0 Å². The van der Waals surface area contributed by atoms with E-state index in [9.17, 15) is 18.0 Å². The first-order valence-corrected chi connectivity index (χ1v) is 7.31. The molecule has 0 aromatic heterocycles. The number of alkyl halides is 3. The van der Waals surface area contributed by atoms with Crippen LogP contribution in [0.3, 0.4) is 0 Å². The van der Waals surface area contributed by atoms with Crippen LogP contribution in [0.5, 0.6) is 5.75 Å². The second kappa shape index (κ2) is 5.42. The van der Waals surface area contributed by atoms with E-state index >= 15 is 0 Å². The molecule has 0 saturated heterocycles. The highest BCUT2D eigenvalue weighted by molar-refractivity contribution is 6.34. The summed E-state index contributed by atoms with van der Waals surface area (Å²) in [4.78, 5) is 10.8. The van der Waals surface area contributed by atoms with Gasteiger partial charge in [0, 0.05) is 27.6 Å². The second-order valence-corrected chi connectivity index (χ2v) is 6.12. The summed E-state index contributed by atoms with van der Waals surface area (Å²) in [5.41, 5.74) is -2.16. The maximum atomic E-state index is 13.8. The Morgan fingerprint density at radius 3 is 2.30 bits per heavy atom. The molecule has 3 rings (SSSR count). The van der Waals surface area contributed by atoms with Crippen molar-refractivity contribution in [2.75, 3.05) is 0 Å². The van der Waals surface area contributed by atoms with Crippen LogP contribution in [-0.2, 0) is 12.0 Å². The number of carbonyl (C=O) groups excluding carboxylic acids is 1. The molecule has 0 spiro atoms. The summed E-state index contributed by atoms with van der Waals surface area (Å²) < 4.78 is 46.8. The Hall–Kier alpha value is -1.72. The summed E-state index contributed by atoms with van der Waals surface area (Å²) in [7, 11) is 0. The zero-order chi connectivity index (χ0) is 16.8. The van der Waals surface area contributed by atoms with Gasteiger partial charge in [-0.05, 0) is 42.0 Å². The summed E-state index contributed by atoms with van der Waals surface area (Å²) in [5.74, 6) is 0.0871. The third-order valence-electron chi connectivity index (χ3n) is 3.73. The van der Waals surface area contributed by atoms with Crippen molar-refractivity contribution in [2.45, 2.75) is 18.2 Å². The molecule has 0 fully saturated rings. The average Bonchev–Trinajstić information content (AvgIpc) is 2.85. The fraction of sp³-hybridized carbons (Fsp3) is 0.188. The highest BCUT2D eigenvalue weighted by Gasteiger charge is 2.61. The Kier molecular flexibility index (Phi) is 3.81. The van der Waals surface area contributed by atoms with E-state index < -0.39 is 18.2 Å². The molecule has 120 valence electrons. The molecular weight excluding hydrogens is 352 g/mol. The number of ether oxygens (including phenoxy) is 1. The molecule has 1 unspecified atom stereocenters. The molecule has 0 amide bonds. The molecule has 0 radical (unpaired) electrons. The zero-order valence-electron chi connectivity index (χ0n) is 11.5. The summed E-state index contributed by atoms with van der Waals surface area (Å²) >= 11 is 11.7. The Bertz CT molecular complexity index is 769. The van der Waals surface area contributed by atoms with Crippen LogP contribution in [0.25, 0.3) is 0 Å². The minimum Gasteiger partial charge on any atom is -0.472 e. The van der Waals surface area contributed by atoms with Gasteiger partial charge in [0.05, 0.1) is 0 Å². The van der Waals surface area contributed by atoms with Gasteiger partial charge in [0.1, 0.15) is 12.0 Å². The molecule has 1 aliphatic rings. The van der Waals surface area contributed by atoms with Crippen molar-refractivity contribution < 1.29 is 22.7 Å². The van der Waals surface area contributed by atoms with E-state index in [1.807, 2.05) is 0 Å². The fourth-order valence-corrected chi connectivity index (χ4v) is 3.20. The monoisotopic (exact) mass is 360 g/mol. The van der Waals surface area contributed by atoms with Crippen LogP contribution in [0, 0.1) is 0 Å². The molecule has 2 nitrogen and oxygen atoms in total. The first-order valence-electron chi connectivity index (χ1n) is 6.55. The molecular formula is C16H9Cl2F3O2. The third kappa shape index (κ3) is 2.68. The fourth-order valence-electron chi connectivity index (χ4n) is 2.67. The van der Waals surface area contributed by atoms with E-state index in [2.05, 4.69) is 0 Å². The van der Waals surface area contributed by atoms with Crippen molar-refractivity contribution in [3.8, 4) is 5.75 Å². The maximum Gasteiger partial charge on any atom is 0.432 e. The molecule has 0 saturated carbocycles. The normalized spacial score (nSPS) is 20.0. The lowest BCUT2D eigenvalue weighted by molar-refractivity contribution is -0.248. The number of benzene rings is 2. The Morgan fingerprint density at radius 2 is 1.74 bits per heavy atom. The summed E-state index contributed by atoms with van der Waals surface area (Å²) in [6.07, 6.45) is -4.57. The lowest BCUT2D eigenvalue weighted by Gasteiger charge is -2.31. The molecule has 2 aromatic rings. The van der Waals surface area contributed by atoms with Crippen molar-refractivity contribution >= 4 is 29.5 Å². The Labute approximate surface area is 139 Å². The van der Waals surface area contributed by atoms with Crippen LogP contribution >= 0.6 is 23.2 Å². The lowest BCUT2D eigenvalue weighted by Crippen LogP contribution is -2.46. The SMILES string of the molecule is O=Cc1ccc2c(c1)CC(c1cc(Cl)cc(Cl)c1)(C(F)(F)F)O2. The minimum atomic E-state index is -4.69. The van der Waals surface area contributed by atoms with Gasteiger partial charge in [-0.25, -0.2) is 0 Å². The number of aldehydes is 1. The van der Waals surface area contributed by atoms with Crippen molar-refractivity contribution in [2.24, 2.45) is 0 Å².